The van der Waals surface area contributed by atoms with Crippen molar-refractivity contribution in [1.82, 2.24) is 9.78 Å². The third-order valence-corrected chi connectivity index (χ3v) is 3.18. The van der Waals surface area contributed by atoms with Gasteiger partial charge in [0, 0.05) is 7.11 Å². The van der Waals surface area contributed by atoms with E-state index >= 15 is 0 Å². The molecule has 0 amide bonds. The maximum Gasteiger partial charge on any atom is 0.169 e. The van der Waals surface area contributed by atoms with Crippen molar-refractivity contribution in [2.24, 2.45) is 0 Å². The number of furan rings is 1. The van der Waals surface area contributed by atoms with E-state index in [0.29, 0.717) is 34.3 Å². The first-order chi connectivity index (χ1) is 8.63. The van der Waals surface area contributed by atoms with Gasteiger partial charge in [-0.25, -0.2) is 0 Å². The van der Waals surface area contributed by atoms with Crippen LogP contribution in [0.3, 0.4) is 0 Å². The summed E-state index contributed by atoms with van der Waals surface area (Å²) in [6.45, 7) is 0.997. The Bertz CT molecular complexity index is 526. The first-order valence-corrected chi connectivity index (χ1v) is 6.44. The maximum atomic E-state index is 10.3. The minimum Gasteiger partial charge on any atom is -0.451 e. The standard InChI is InChI=1S/C11H12BrClN2O3/c1-17-5-4-15-10(7(13)6-14-15)11(16)8-2-3-9(12)18-8/h2-3,6,11,16H,4-5H2,1H3. The van der Waals surface area contributed by atoms with Gasteiger partial charge >= 0.3 is 0 Å². The highest BCUT2D eigenvalue weighted by molar-refractivity contribution is 9.10. The number of hydrogen-bond acceptors (Lipinski definition) is 4. The number of halogens is 2. The molecule has 0 aliphatic heterocycles. The summed E-state index contributed by atoms with van der Waals surface area (Å²) in [7, 11) is 1.60. The number of ether oxygens (including phenoxy) is 1. The minimum absolute atomic E-state index is 0.395. The van der Waals surface area contributed by atoms with Crippen LogP contribution in [0.1, 0.15) is 17.6 Å². The molecule has 0 radical (unpaired) electrons. The lowest BCUT2D eigenvalue weighted by molar-refractivity contribution is 0.160. The van der Waals surface area contributed by atoms with Gasteiger partial charge < -0.3 is 14.3 Å². The summed E-state index contributed by atoms with van der Waals surface area (Å²) < 4.78 is 12.5. The van der Waals surface area contributed by atoms with E-state index in [1.54, 1.807) is 23.9 Å². The molecule has 2 aromatic rings. The Labute approximate surface area is 117 Å². The number of aromatic nitrogens is 2. The number of methoxy groups -OCH3 is 1. The van der Waals surface area contributed by atoms with Crippen LogP contribution in [0.2, 0.25) is 5.02 Å². The summed E-state index contributed by atoms with van der Waals surface area (Å²) in [6.07, 6.45) is 0.538. The molecule has 1 N–H and O–H groups in total. The van der Waals surface area contributed by atoms with Crippen molar-refractivity contribution in [3.8, 4) is 0 Å². The van der Waals surface area contributed by atoms with Crippen LogP contribution in [0.5, 0.6) is 0 Å². The number of hydrogen-bond donors (Lipinski definition) is 1. The largest absolute Gasteiger partial charge is 0.451 e. The van der Waals surface area contributed by atoms with Gasteiger partial charge in [0.25, 0.3) is 0 Å². The van der Waals surface area contributed by atoms with Gasteiger partial charge in [-0.2, -0.15) is 5.10 Å². The maximum absolute atomic E-state index is 10.3. The lowest BCUT2D eigenvalue weighted by Crippen LogP contribution is -2.13. The fraction of sp³-hybridized carbons (Fsp3) is 0.364. The van der Waals surface area contributed by atoms with E-state index in [0.717, 1.165) is 0 Å². The third kappa shape index (κ3) is 2.77. The van der Waals surface area contributed by atoms with Crippen LogP contribution in [0.25, 0.3) is 0 Å². The van der Waals surface area contributed by atoms with Crippen molar-refractivity contribution in [3.63, 3.8) is 0 Å². The Morgan fingerprint density at radius 3 is 3.00 bits per heavy atom. The average Bonchev–Trinajstić information content (AvgIpc) is 2.92. The minimum atomic E-state index is -0.955. The van der Waals surface area contributed by atoms with Gasteiger partial charge in [0.05, 0.1) is 30.1 Å². The van der Waals surface area contributed by atoms with Crippen molar-refractivity contribution >= 4 is 27.5 Å². The zero-order chi connectivity index (χ0) is 13.1. The van der Waals surface area contributed by atoms with Crippen LogP contribution in [0.15, 0.2) is 27.4 Å². The fourth-order valence-corrected chi connectivity index (χ4v) is 2.17. The van der Waals surface area contributed by atoms with Crippen molar-refractivity contribution in [1.29, 1.82) is 0 Å². The molecular weight excluding hydrogens is 323 g/mol. The first kappa shape index (κ1) is 13.6. The van der Waals surface area contributed by atoms with Crippen LogP contribution < -0.4 is 0 Å². The molecule has 7 heteroatoms. The molecule has 0 aliphatic rings. The van der Waals surface area contributed by atoms with Gasteiger partial charge in [-0.1, -0.05) is 11.6 Å². The zero-order valence-electron chi connectivity index (χ0n) is 9.64. The molecule has 18 heavy (non-hydrogen) atoms. The lowest BCUT2D eigenvalue weighted by Gasteiger charge is -2.11. The summed E-state index contributed by atoms with van der Waals surface area (Å²) in [4.78, 5) is 0. The Morgan fingerprint density at radius 1 is 1.61 bits per heavy atom. The van der Waals surface area contributed by atoms with Gasteiger partial charge in [0.2, 0.25) is 0 Å². The summed E-state index contributed by atoms with van der Waals surface area (Å²) >= 11 is 9.23. The quantitative estimate of drug-likeness (QED) is 0.912. The van der Waals surface area contributed by atoms with E-state index in [2.05, 4.69) is 21.0 Å². The van der Waals surface area contributed by atoms with Crippen LogP contribution >= 0.6 is 27.5 Å². The molecule has 1 unspecified atom stereocenters. The molecule has 0 aliphatic carbocycles. The van der Waals surface area contributed by atoms with Gasteiger partial charge in [0.1, 0.15) is 5.76 Å². The van der Waals surface area contributed by atoms with E-state index in [-0.39, 0.29) is 0 Å². The second kappa shape index (κ2) is 5.88. The predicted octanol–water partition coefficient (Wildman–Crippen LogP) is 2.62. The lowest BCUT2D eigenvalue weighted by atomic mass is 10.2. The molecule has 2 heterocycles. The summed E-state index contributed by atoms with van der Waals surface area (Å²) in [5, 5.41) is 14.7. The SMILES string of the molecule is COCCn1ncc(Cl)c1C(O)c1ccc(Br)o1. The smallest absolute Gasteiger partial charge is 0.169 e. The molecule has 0 saturated heterocycles. The molecule has 2 rings (SSSR count). The van der Waals surface area contributed by atoms with E-state index in [9.17, 15) is 5.11 Å². The van der Waals surface area contributed by atoms with Crippen molar-refractivity contribution < 1.29 is 14.3 Å². The molecule has 0 spiro atoms. The number of aliphatic hydroxyl groups is 1. The van der Waals surface area contributed by atoms with E-state index in [1.165, 1.54) is 6.20 Å². The molecule has 0 fully saturated rings. The zero-order valence-corrected chi connectivity index (χ0v) is 12.0. The number of rotatable bonds is 5. The average molecular weight is 336 g/mol. The van der Waals surface area contributed by atoms with Crippen molar-refractivity contribution in [2.75, 3.05) is 13.7 Å². The highest BCUT2D eigenvalue weighted by atomic mass is 79.9. The predicted molar refractivity (Wildman–Crippen MR) is 69.6 cm³/mol. The van der Waals surface area contributed by atoms with E-state index < -0.39 is 6.10 Å². The molecule has 5 nitrogen and oxygen atoms in total. The van der Waals surface area contributed by atoms with Gasteiger partial charge in [-0.3, -0.25) is 4.68 Å². The second-order valence-electron chi connectivity index (χ2n) is 3.64. The highest BCUT2D eigenvalue weighted by Crippen LogP contribution is 2.30. The molecule has 0 saturated carbocycles. The third-order valence-electron chi connectivity index (χ3n) is 2.46. The number of aliphatic hydroxyl groups excluding tert-OH is 1. The first-order valence-electron chi connectivity index (χ1n) is 5.27. The van der Waals surface area contributed by atoms with Crippen LogP contribution in [0.4, 0.5) is 0 Å². The molecule has 0 aromatic carbocycles. The van der Waals surface area contributed by atoms with Gasteiger partial charge in [-0.05, 0) is 28.1 Å². The Hall–Kier alpha value is -0.820. The van der Waals surface area contributed by atoms with Gasteiger partial charge in [-0.15, -0.1) is 0 Å². The Balaban J connectivity index is 2.28. The van der Waals surface area contributed by atoms with Crippen LogP contribution in [-0.4, -0.2) is 28.6 Å². The molecular formula is C11H12BrClN2O3. The summed E-state index contributed by atoms with van der Waals surface area (Å²) in [5.41, 5.74) is 0.496. The van der Waals surface area contributed by atoms with E-state index in [1.807, 2.05) is 0 Å². The van der Waals surface area contributed by atoms with E-state index in [4.69, 9.17) is 20.8 Å². The topological polar surface area (TPSA) is 60.4 Å². The highest BCUT2D eigenvalue weighted by Gasteiger charge is 2.22. The monoisotopic (exact) mass is 334 g/mol. The van der Waals surface area contributed by atoms with Crippen molar-refractivity contribution in [2.45, 2.75) is 12.6 Å². The summed E-state index contributed by atoms with van der Waals surface area (Å²) in [6, 6.07) is 3.39. The Morgan fingerprint density at radius 2 is 2.39 bits per heavy atom. The molecule has 0 bridgehead atoms. The van der Waals surface area contributed by atoms with Crippen molar-refractivity contribution in [3.05, 3.63) is 39.5 Å². The fourth-order valence-electron chi connectivity index (χ4n) is 1.61. The molecule has 98 valence electrons. The van der Waals surface area contributed by atoms with Crippen LogP contribution in [0, 0.1) is 0 Å². The van der Waals surface area contributed by atoms with Crippen LogP contribution in [-0.2, 0) is 11.3 Å². The molecule has 2 aromatic heterocycles. The number of nitrogens with zero attached hydrogens (tertiary/aromatic N) is 2. The second-order valence-corrected chi connectivity index (χ2v) is 4.83. The Kier molecular flexibility index (Phi) is 4.45. The normalized spacial score (nSPS) is 12.9. The molecule has 1 atom stereocenters. The summed E-state index contributed by atoms with van der Waals surface area (Å²) in [5.74, 6) is 0.406. The van der Waals surface area contributed by atoms with Gasteiger partial charge in [0.15, 0.2) is 10.8 Å².